The van der Waals surface area contributed by atoms with Gasteiger partial charge in [-0.2, -0.15) is 0 Å². The Kier molecular flexibility index (Phi) is 1.92. The lowest BCUT2D eigenvalue weighted by Gasteiger charge is -2.38. The highest BCUT2D eigenvalue weighted by Crippen LogP contribution is 2.40. The Morgan fingerprint density at radius 3 is 2.55 bits per heavy atom. The highest BCUT2D eigenvalue weighted by atomic mass is 15.0. The molecule has 1 heterocycles. The average Bonchev–Trinajstić information content (AvgIpc) is 2.36. The molecule has 1 heteroatoms. The van der Waals surface area contributed by atoms with Gasteiger partial charge in [-0.15, -0.1) is 0 Å². The van der Waals surface area contributed by atoms with Crippen LogP contribution < -0.4 is 5.32 Å². The van der Waals surface area contributed by atoms with Crippen LogP contribution in [0.2, 0.25) is 0 Å². The Morgan fingerprint density at radius 2 is 2.00 bits per heavy atom. The summed E-state index contributed by atoms with van der Waals surface area (Å²) in [4.78, 5) is 0. The van der Waals surface area contributed by atoms with Crippen LogP contribution in [0.15, 0.2) is 0 Å². The summed E-state index contributed by atoms with van der Waals surface area (Å²) in [6.45, 7) is 3.69. The molecule has 64 valence electrons. The Morgan fingerprint density at radius 1 is 1.18 bits per heavy atom. The lowest BCUT2D eigenvalue weighted by molar-refractivity contribution is 0.203. The predicted octanol–water partition coefficient (Wildman–Crippen LogP) is 2.32. The number of rotatable bonds is 0. The fourth-order valence-corrected chi connectivity index (χ4v) is 2.87. The van der Waals surface area contributed by atoms with Crippen LogP contribution in [0.4, 0.5) is 0 Å². The van der Waals surface area contributed by atoms with Crippen molar-refractivity contribution < 1.29 is 0 Å². The van der Waals surface area contributed by atoms with E-state index in [0.29, 0.717) is 5.54 Å². The summed E-state index contributed by atoms with van der Waals surface area (Å²) in [5.74, 6) is 0.933. The Labute approximate surface area is 69.6 Å². The minimum absolute atomic E-state index is 0.582. The van der Waals surface area contributed by atoms with Crippen molar-refractivity contribution in [3.05, 3.63) is 0 Å². The molecule has 2 rings (SSSR count). The first-order chi connectivity index (χ1) is 5.33. The van der Waals surface area contributed by atoms with E-state index in [0.717, 1.165) is 5.92 Å². The van der Waals surface area contributed by atoms with Crippen molar-refractivity contribution in [2.75, 3.05) is 6.54 Å². The Bertz CT molecular complexity index is 136. The van der Waals surface area contributed by atoms with Crippen LogP contribution in [-0.2, 0) is 0 Å². The van der Waals surface area contributed by atoms with E-state index >= 15 is 0 Å². The third-order valence-corrected chi connectivity index (χ3v) is 3.73. The Balaban J connectivity index is 2.06. The van der Waals surface area contributed by atoms with Crippen molar-refractivity contribution in [1.82, 2.24) is 5.32 Å². The van der Waals surface area contributed by atoms with Gasteiger partial charge in [-0.25, -0.2) is 0 Å². The molecule has 0 aromatic carbocycles. The van der Waals surface area contributed by atoms with Gasteiger partial charge in [0.15, 0.2) is 0 Å². The van der Waals surface area contributed by atoms with E-state index in [2.05, 4.69) is 12.2 Å². The van der Waals surface area contributed by atoms with Crippen LogP contribution in [0.25, 0.3) is 0 Å². The maximum atomic E-state index is 3.74. The highest BCUT2D eigenvalue weighted by molar-refractivity contribution is 4.98. The van der Waals surface area contributed by atoms with Crippen LogP contribution in [0, 0.1) is 5.92 Å². The molecular formula is C10H19N. The number of hydrogen-bond donors (Lipinski definition) is 1. The van der Waals surface area contributed by atoms with Gasteiger partial charge in [0.25, 0.3) is 0 Å². The lowest BCUT2D eigenvalue weighted by Crippen LogP contribution is -2.50. The van der Waals surface area contributed by atoms with Gasteiger partial charge < -0.3 is 5.32 Å². The summed E-state index contributed by atoms with van der Waals surface area (Å²) >= 11 is 0. The Hall–Kier alpha value is -0.0400. The van der Waals surface area contributed by atoms with Gasteiger partial charge in [0.05, 0.1) is 0 Å². The first-order valence-electron chi connectivity index (χ1n) is 5.08. The summed E-state index contributed by atoms with van der Waals surface area (Å²) < 4.78 is 0. The minimum atomic E-state index is 0.582. The average molecular weight is 153 g/mol. The van der Waals surface area contributed by atoms with E-state index in [1.807, 2.05) is 0 Å². The molecule has 1 aliphatic carbocycles. The van der Waals surface area contributed by atoms with Crippen molar-refractivity contribution >= 4 is 0 Å². The van der Waals surface area contributed by atoms with Gasteiger partial charge in [0.1, 0.15) is 0 Å². The first kappa shape index (κ1) is 7.60. The summed E-state index contributed by atoms with van der Waals surface area (Å²) in [7, 11) is 0. The quantitative estimate of drug-likeness (QED) is 0.563. The van der Waals surface area contributed by atoms with Gasteiger partial charge in [-0.3, -0.25) is 0 Å². The molecule has 11 heavy (non-hydrogen) atoms. The maximum absolute atomic E-state index is 3.74. The van der Waals surface area contributed by atoms with Crippen LogP contribution in [0.3, 0.4) is 0 Å². The number of piperidine rings is 1. The molecule has 2 atom stereocenters. The standard InChI is InChI=1S/C10H19N/c1-9-5-4-7-10(9)6-2-3-8-11-10/h9,11H,2-8H2,1H3. The largest absolute Gasteiger partial charge is 0.311 e. The molecule has 0 aromatic rings. The normalized spacial score (nSPS) is 45.0. The van der Waals surface area contributed by atoms with Crippen LogP contribution in [-0.4, -0.2) is 12.1 Å². The fraction of sp³-hybridized carbons (Fsp3) is 1.00. The lowest BCUT2D eigenvalue weighted by atomic mass is 9.81. The van der Waals surface area contributed by atoms with E-state index in [1.165, 1.54) is 45.1 Å². The molecule has 0 aromatic heterocycles. The van der Waals surface area contributed by atoms with Crippen molar-refractivity contribution in [3.63, 3.8) is 0 Å². The first-order valence-corrected chi connectivity index (χ1v) is 5.08. The zero-order valence-corrected chi connectivity index (χ0v) is 7.53. The third kappa shape index (κ3) is 1.20. The summed E-state index contributed by atoms with van der Waals surface area (Å²) in [5.41, 5.74) is 0.582. The molecule has 1 spiro atoms. The van der Waals surface area contributed by atoms with Crippen LogP contribution in [0.5, 0.6) is 0 Å². The molecule has 2 fully saturated rings. The van der Waals surface area contributed by atoms with Crippen LogP contribution >= 0.6 is 0 Å². The molecule has 1 aliphatic heterocycles. The monoisotopic (exact) mass is 153 g/mol. The molecule has 1 nitrogen and oxygen atoms in total. The van der Waals surface area contributed by atoms with Gasteiger partial charge in [0, 0.05) is 5.54 Å². The van der Waals surface area contributed by atoms with Crippen molar-refractivity contribution in [1.29, 1.82) is 0 Å². The molecule has 1 N–H and O–H groups in total. The maximum Gasteiger partial charge on any atom is 0.0207 e. The second-order valence-electron chi connectivity index (χ2n) is 4.33. The zero-order chi connectivity index (χ0) is 7.73. The molecule has 2 aliphatic rings. The topological polar surface area (TPSA) is 12.0 Å². The van der Waals surface area contributed by atoms with Crippen molar-refractivity contribution in [2.24, 2.45) is 5.92 Å². The van der Waals surface area contributed by atoms with Gasteiger partial charge in [-0.05, 0) is 38.1 Å². The van der Waals surface area contributed by atoms with Gasteiger partial charge >= 0.3 is 0 Å². The second-order valence-corrected chi connectivity index (χ2v) is 4.33. The molecule has 0 radical (unpaired) electrons. The molecule has 2 unspecified atom stereocenters. The number of nitrogens with one attached hydrogen (secondary N) is 1. The second kappa shape index (κ2) is 2.78. The fourth-order valence-electron chi connectivity index (χ4n) is 2.87. The highest BCUT2D eigenvalue weighted by Gasteiger charge is 2.40. The molecule has 0 bridgehead atoms. The predicted molar refractivity (Wildman–Crippen MR) is 47.6 cm³/mol. The molecular weight excluding hydrogens is 134 g/mol. The summed E-state index contributed by atoms with van der Waals surface area (Å²) in [6.07, 6.45) is 8.63. The molecule has 1 saturated heterocycles. The minimum Gasteiger partial charge on any atom is -0.311 e. The van der Waals surface area contributed by atoms with E-state index in [-0.39, 0.29) is 0 Å². The molecule has 0 amide bonds. The smallest absolute Gasteiger partial charge is 0.0207 e. The molecule has 1 saturated carbocycles. The SMILES string of the molecule is CC1CCCC12CCCCN2. The van der Waals surface area contributed by atoms with E-state index < -0.39 is 0 Å². The third-order valence-electron chi connectivity index (χ3n) is 3.73. The van der Waals surface area contributed by atoms with E-state index in [9.17, 15) is 0 Å². The van der Waals surface area contributed by atoms with E-state index in [4.69, 9.17) is 0 Å². The van der Waals surface area contributed by atoms with Crippen LogP contribution in [0.1, 0.15) is 45.4 Å². The zero-order valence-electron chi connectivity index (χ0n) is 7.53. The summed E-state index contributed by atoms with van der Waals surface area (Å²) in [6, 6.07) is 0. The van der Waals surface area contributed by atoms with Gasteiger partial charge in [-0.1, -0.05) is 19.8 Å². The van der Waals surface area contributed by atoms with Crippen molar-refractivity contribution in [3.8, 4) is 0 Å². The van der Waals surface area contributed by atoms with E-state index in [1.54, 1.807) is 0 Å². The van der Waals surface area contributed by atoms with Crippen molar-refractivity contribution in [2.45, 2.75) is 51.0 Å². The summed E-state index contributed by atoms with van der Waals surface area (Å²) in [5, 5.41) is 3.74. The number of hydrogen-bond acceptors (Lipinski definition) is 1. The van der Waals surface area contributed by atoms with Gasteiger partial charge in [0.2, 0.25) is 0 Å².